The highest BCUT2D eigenvalue weighted by molar-refractivity contribution is 5.78. The number of para-hydroxylation sites is 1. The number of benzene rings is 3. The zero-order valence-corrected chi connectivity index (χ0v) is 16.4. The molecule has 29 heavy (non-hydrogen) atoms. The van der Waals surface area contributed by atoms with Crippen LogP contribution >= 0.6 is 0 Å². The molecule has 1 heterocycles. The molecule has 0 radical (unpaired) electrons. The van der Waals surface area contributed by atoms with Gasteiger partial charge in [0, 0.05) is 12.0 Å². The van der Waals surface area contributed by atoms with E-state index >= 15 is 0 Å². The fraction of sp³-hybridized carbons (Fsp3) is 0.192. The second-order valence-corrected chi connectivity index (χ2v) is 7.17. The highest BCUT2D eigenvalue weighted by Gasteiger charge is 2.04. The number of aryl methyl sites for hydroxylation is 2. The number of nitrogens with zero attached hydrogens (tertiary/aromatic N) is 1. The van der Waals surface area contributed by atoms with E-state index in [1.807, 2.05) is 42.5 Å². The van der Waals surface area contributed by atoms with Gasteiger partial charge in [0.1, 0.15) is 12.4 Å². The standard InChI is InChI=1S/C26H25NO2/c28-18-17-22-6-2-1-5-21(22)12-9-20-10-15-25(16-11-20)29-19-24-14-13-23-7-3-4-8-26(23)27-24/h1-8,10-11,13-16,28H,9,12,17-19H2. The highest BCUT2D eigenvalue weighted by Crippen LogP contribution is 2.18. The van der Waals surface area contributed by atoms with Crippen LogP contribution in [0, 0.1) is 0 Å². The van der Waals surface area contributed by atoms with Crippen LogP contribution in [0.15, 0.2) is 84.9 Å². The normalized spacial score (nSPS) is 10.9. The number of ether oxygens (including phenoxy) is 1. The van der Waals surface area contributed by atoms with E-state index in [1.165, 1.54) is 16.7 Å². The third-order valence-corrected chi connectivity index (χ3v) is 5.15. The monoisotopic (exact) mass is 383 g/mol. The Kier molecular flexibility index (Phi) is 6.18. The van der Waals surface area contributed by atoms with Crippen molar-refractivity contribution >= 4 is 10.9 Å². The number of aromatic nitrogens is 1. The maximum absolute atomic E-state index is 9.23. The molecule has 3 heteroatoms. The van der Waals surface area contributed by atoms with Gasteiger partial charge in [-0.15, -0.1) is 0 Å². The summed E-state index contributed by atoms with van der Waals surface area (Å²) in [5.74, 6) is 0.851. The van der Waals surface area contributed by atoms with Crippen LogP contribution in [0.4, 0.5) is 0 Å². The quantitative estimate of drug-likeness (QED) is 0.458. The lowest BCUT2D eigenvalue weighted by Crippen LogP contribution is -2.00. The Morgan fingerprint density at radius 1 is 0.690 bits per heavy atom. The first-order valence-electron chi connectivity index (χ1n) is 10.1. The van der Waals surface area contributed by atoms with Crippen LogP contribution < -0.4 is 4.74 Å². The first-order valence-corrected chi connectivity index (χ1v) is 10.1. The topological polar surface area (TPSA) is 42.4 Å². The predicted molar refractivity (Wildman–Crippen MR) is 117 cm³/mol. The van der Waals surface area contributed by atoms with Crippen molar-refractivity contribution in [2.24, 2.45) is 0 Å². The van der Waals surface area contributed by atoms with Crippen molar-refractivity contribution in [1.29, 1.82) is 0 Å². The zero-order chi connectivity index (χ0) is 19.9. The number of pyridine rings is 1. The summed E-state index contributed by atoms with van der Waals surface area (Å²) in [5, 5.41) is 10.4. The lowest BCUT2D eigenvalue weighted by Gasteiger charge is -2.10. The molecular weight excluding hydrogens is 358 g/mol. The number of hydrogen-bond donors (Lipinski definition) is 1. The fourth-order valence-corrected chi connectivity index (χ4v) is 3.54. The van der Waals surface area contributed by atoms with Crippen LogP contribution in [0.1, 0.15) is 22.4 Å². The third kappa shape index (κ3) is 5.01. The molecule has 0 atom stereocenters. The molecule has 4 rings (SSSR count). The molecular formula is C26H25NO2. The van der Waals surface area contributed by atoms with E-state index in [0.717, 1.165) is 35.2 Å². The minimum atomic E-state index is 0.190. The van der Waals surface area contributed by atoms with Gasteiger partial charge in [-0.3, -0.25) is 0 Å². The Hall–Kier alpha value is -3.17. The molecule has 1 aromatic heterocycles. The molecule has 0 bridgehead atoms. The molecule has 3 aromatic carbocycles. The molecule has 0 aliphatic carbocycles. The SMILES string of the molecule is OCCc1ccccc1CCc1ccc(OCc2ccc3ccccc3n2)cc1. The van der Waals surface area contributed by atoms with Crippen LogP contribution in [0.3, 0.4) is 0 Å². The predicted octanol–water partition coefficient (Wildman–Crippen LogP) is 5.13. The first kappa shape index (κ1) is 19.2. The van der Waals surface area contributed by atoms with Crippen LogP contribution in [-0.2, 0) is 25.9 Å². The Balaban J connectivity index is 1.34. The summed E-state index contributed by atoms with van der Waals surface area (Å²) in [6.07, 6.45) is 2.65. The largest absolute Gasteiger partial charge is 0.487 e. The summed E-state index contributed by atoms with van der Waals surface area (Å²) in [6, 6.07) is 28.8. The number of aliphatic hydroxyl groups excluding tert-OH is 1. The van der Waals surface area contributed by atoms with Gasteiger partial charge >= 0.3 is 0 Å². The van der Waals surface area contributed by atoms with Gasteiger partial charge in [0.05, 0.1) is 11.2 Å². The molecule has 0 aliphatic rings. The van der Waals surface area contributed by atoms with Crippen molar-refractivity contribution in [1.82, 2.24) is 4.98 Å². The van der Waals surface area contributed by atoms with Gasteiger partial charge in [-0.1, -0.05) is 60.7 Å². The first-order chi connectivity index (χ1) is 14.3. The van der Waals surface area contributed by atoms with E-state index in [1.54, 1.807) is 0 Å². The van der Waals surface area contributed by atoms with Crippen molar-refractivity contribution in [2.45, 2.75) is 25.9 Å². The van der Waals surface area contributed by atoms with Gasteiger partial charge in [-0.05, 0) is 60.2 Å². The number of aliphatic hydroxyl groups is 1. The summed E-state index contributed by atoms with van der Waals surface area (Å²) in [4.78, 5) is 4.65. The minimum absolute atomic E-state index is 0.190. The Bertz CT molecular complexity index is 1070. The second-order valence-electron chi connectivity index (χ2n) is 7.17. The van der Waals surface area contributed by atoms with Gasteiger partial charge in [0.2, 0.25) is 0 Å². The molecule has 0 aliphatic heterocycles. The van der Waals surface area contributed by atoms with Gasteiger partial charge in [-0.2, -0.15) is 0 Å². The Labute approximate surface area is 171 Å². The molecule has 146 valence electrons. The minimum Gasteiger partial charge on any atom is -0.487 e. The average molecular weight is 383 g/mol. The zero-order valence-electron chi connectivity index (χ0n) is 16.4. The number of rotatable bonds is 8. The lowest BCUT2D eigenvalue weighted by atomic mass is 9.98. The molecule has 0 saturated carbocycles. The van der Waals surface area contributed by atoms with Crippen molar-refractivity contribution in [3.63, 3.8) is 0 Å². The Morgan fingerprint density at radius 2 is 1.41 bits per heavy atom. The number of hydrogen-bond acceptors (Lipinski definition) is 3. The highest BCUT2D eigenvalue weighted by atomic mass is 16.5. The van der Waals surface area contributed by atoms with Crippen molar-refractivity contribution in [3.05, 3.63) is 107 Å². The van der Waals surface area contributed by atoms with E-state index in [-0.39, 0.29) is 6.61 Å². The molecule has 1 N–H and O–H groups in total. The molecule has 0 unspecified atom stereocenters. The lowest BCUT2D eigenvalue weighted by molar-refractivity contribution is 0.299. The number of fused-ring (bicyclic) bond motifs is 1. The third-order valence-electron chi connectivity index (χ3n) is 5.15. The molecule has 0 spiro atoms. The average Bonchev–Trinajstić information content (AvgIpc) is 2.78. The summed E-state index contributed by atoms with van der Waals surface area (Å²) in [7, 11) is 0. The van der Waals surface area contributed by atoms with Gasteiger partial charge < -0.3 is 9.84 Å². The summed E-state index contributed by atoms with van der Waals surface area (Å²) in [5.41, 5.74) is 5.74. The van der Waals surface area contributed by atoms with Gasteiger partial charge in [0.15, 0.2) is 0 Å². The van der Waals surface area contributed by atoms with Crippen molar-refractivity contribution in [2.75, 3.05) is 6.61 Å². The van der Waals surface area contributed by atoms with Gasteiger partial charge in [-0.25, -0.2) is 4.98 Å². The second kappa shape index (κ2) is 9.35. The fourth-order valence-electron chi connectivity index (χ4n) is 3.54. The molecule has 4 aromatic rings. The van der Waals surface area contributed by atoms with Crippen LogP contribution in [0.5, 0.6) is 5.75 Å². The van der Waals surface area contributed by atoms with Crippen molar-refractivity contribution in [3.8, 4) is 5.75 Å². The van der Waals surface area contributed by atoms with E-state index in [4.69, 9.17) is 4.74 Å². The van der Waals surface area contributed by atoms with E-state index in [0.29, 0.717) is 13.0 Å². The summed E-state index contributed by atoms with van der Waals surface area (Å²) >= 11 is 0. The Morgan fingerprint density at radius 3 is 2.21 bits per heavy atom. The van der Waals surface area contributed by atoms with E-state index in [2.05, 4.69) is 47.4 Å². The molecule has 0 amide bonds. The maximum Gasteiger partial charge on any atom is 0.130 e. The summed E-state index contributed by atoms with van der Waals surface area (Å²) < 4.78 is 5.92. The van der Waals surface area contributed by atoms with E-state index < -0.39 is 0 Å². The van der Waals surface area contributed by atoms with E-state index in [9.17, 15) is 5.11 Å². The smallest absolute Gasteiger partial charge is 0.130 e. The summed E-state index contributed by atoms with van der Waals surface area (Å²) in [6.45, 7) is 0.647. The molecule has 0 saturated heterocycles. The maximum atomic E-state index is 9.23. The van der Waals surface area contributed by atoms with Crippen LogP contribution in [0.2, 0.25) is 0 Å². The molecule has 0 fully saturated rings. The van der Waals surface area contributed by atoms with Crippen LogP contribution in [-0.4, -0.2) is 16.7 Å². The van der Waals surface area contributed by atoms with Gasteiger partial charge in [0.25, 0.3) is 0 Å². The molecule has 3 nitrogen and oxygen atoms in total. The van der Waals surface area contributed by atoms with Crippen LogP contribution in [0.25, 0.3) is 10.9 Å². The van der Waals surface area contributed by atoms with Crippen molar-refractivity contribution < 1.29 is 9.84 Å².